The van der Waals surface area contributed by atoms with Gasteiger partial charge < -0.3 is 11.1 Å². The maximum absolute atomic E-state index is 11.8. The maximum atomic E-state index is 11.8. The van der Waals surface area contributed by atoms with Crippen molar-refractivity contribution in [1.82, 2.24) is 0 Å². The largest absolute Gasteiger partial charge is 0.396 e. The third kappa shape index (κ3) is 2.85. The van der Waals surface area contributed by atoms with Gasteiger partial charge in [0.25, 0.3) is 0 Å². The normalized spacial score (nSPS) is 21.9. The standard InChI is InChI=1S/C12H17N3O2S2/c1-3-4-7-5-8(7)15-12-11(19(2,16)17)10(14)9(6-13)18-12/h7-8,15H,3-5,14H2,1-2H3. The Hall–Kier alpha value is -1.26. The molecule has 5 nitrogen and oxygen atoms in total. The fourth-order valence-corrected chi connectivity index (χ4v) is 4.67. The Bertz CT molecular complexity index is 628. The minimum atomic E-state index is -3.43. The van der Waals surface area contributed by atoms with Crippen LogP contribution in [0.4, 0.5) is 10.7 Å². The Kier molecular flexibility index (Phi) is 3.74. The van der Waals surface area contributed by atoms with Crippen molar-refractivity contribution in [2.24, 2.45) is 5.92 Å². The number of sulfone groups is 1. The molecule has 7 heteroatoms. The molecular weight excluding hydrogens is 282 g/mol. The highest BCUT2D eigenvalue weighted by Gasteiger charge is 2.37. The van der Waals surface area contributed by atoms with Crippen LogP contribution in [0.15, 0.2) is 4.90 Å². The molecule has 1 aliphatic rings. The van der Waals surface area contributed by atoms with Crippen molar-refractivity contribution >= 4 is 31.9 Å². The van der Waals surface area contributed by atoms with E-state index in [2.05, 4.69) is 12.2 Å². The van der Waals surface area contributed by atoms with Crippen LogP contribution >= 0.6 is 11.3 Å². The first-order chi connectivity index (χ1) is 8.88. The van der Waals surface area contributed by atoms with Gasteiger partial charge in [0.05, 0.1) is 5.69 Å². The molecule has 0 bridgehead atoms. The summed E-state index contributed by atoms with van der Waals surface area (Å²) in [5, 5.41) is 12.7. The minimum absolute atomic E-state index is 0.0743. The Morgan fingerprint density at radius 3 is 2.79 bits per heavy atom. The van der Waals surface area contributed by atoms with Crippen molar-refractivity contribution < 1.29 is 8.42 Å². The Balaban J connectivity index is 2.29. The van der Waals surface area contributed by atoms with Crippen molar-refractivity contribution in [2.75, 3.05) is 17.3 Å². The zero-order valence-electron chi connectivity index (χ0n) is 10.9. The number of nitrogens with two attached hydrogens (primary N) is 1. The van der Waals surface area contributed by atoms with E-state index in [4.69, 9.17) is 11.0 Å². The van der Waals surface area contributed by atoms with E-state index < -0.39 is 9.84 Å². The second kappa shape index (κ2) is 5.02. The topological polar surface area (TPSA) is 96.0 Å². The van der Waals surface area contributed by atoms with Crippen LogP contribution in [0.3, 0.4) is 0 Å². The molecule has 1 aromatic heterocycles. The van der Waals surface area contributed by atoms with Crippen molar-refractivity contribution in [3.8, 4) is 6.07 Å². The van der Waals surface area contributed by atoms with E-state index in [0.29, 0.717) is 17.0 Å². The van der Waals surface area contributed by atoms with E-state index in [0.717, 1.165) is 36.9 Å². The molecule has 1 aromatic rings. The number of anilines is 2. The molecule has 2 atom stereocenters. The summed E-state index contributed by atoms with van der Waals surface area (Å²) in [6.45, 7) is 2.13. The molecule has 3 N–H and O–H groups in total. The molecule has 0 aliphatic heterocycles. The molecule has 0 aromatic carbocycles. The highest BCUT2D eigenvalue weighted by atomic mass is 32.2. The Morgan fingerprint density at radius 1 is 1.58 bits per heavy atom. The lowest BCUT2D eigenvalue weighted by Crippen LogP contribution is -2.08. The molecular formula is C12H17N3O2S2. The molecule has 1 heterocycles. The van der Waals surface area contributed by atoms with Gasteiger partial charge in [-0.15, -0.1) is 11.3 Å². The molecule has 0 spiro atoms. The van der Waals surface area contributed by atoms with Gasteiger partial charge in [0.15, 0.2) is 9.84 Å². The molecule has 2 unspecified atom stereocenters. The van der Waals surface area contributed by atoms with Gasteiger partial charge in [-0.3, -0.25) is 0 Å². The molecule has 2 rings (SSSR count). The lowest BCUT2D eigenvalue weighted by molar-refractivity contribution is 0.602. The molecule has 104 valence electrons. The van der Waals surface area contributed by atoms with Crippen molar-refractivity contribution in [3.05, 3.63) is 4.88 Å². The van der Waals surface area contributed by atoms with Crippen molar-refractivity contribution in [2.45, 2.75) is 37.1 Å². The van der Waals surface area contributed by atoms with Crippen LogP contribution in [0.25, 0.3) is 0 Å². The predicted octanol–water partition coefficient (Wildman–Crippen LogP) is 2.21. The highest BCUT2D eigenvalue weighted by Crippen LogP contribution is 2.44. The maximum Gasteiger partial charge on any atom is 0.180 e. The summed E-state index contributed by atoms with van der Waals surface area (Å²) >= 11 is 1.13. The van der Waals surface area contributed by atoms with E-state index in [9.17, 15) is 8.42 Å². The quantitative estimate of drug-likeness (QED) is 0.869. The van der Waals surface area contributed by atoms with Crippen LogP contribution in [-0.4, -0.2) is 20.7 Å². The summed E-state index contributed by atoms with van der Waals surface area (Å²) in [5.41, 5.74) is 5.83. The zero-order chi connectivity index (χ0) is 14.2. The number of rotatable bonds is 5. The average Bonchev–Trinajstić information content (AvgIpc) is 2.92. The lowest BCUT2D eigenvalue weighted by Gasteiger charge is -2.06. The first-order valence-electron chi connectivity index (χ1n) is 6.17. The van der Waals surface area contributed by atoms with Crippen molar-refractivity contribution in [3.63, 3.8) is 0 Å². The first-order valence-corrected chi connectivity index (χ1v) is 8.88. The second-order valence-corrected chi connectivity index (χ2v) is 7.90. The highest BCUT2D eigenvalue weighted by molar-refractivity contribution is 7.91. The van der Waals surface area contributed by atoms with Crippen LogP contribution in [0, 0.1) is 17.2 Å². The summed E-state index contributed by atoms with van der Waals surface area (Å²) in [6, 6.07) is 2.26. The smallest absolute Gasteiger partial charge is 0.180 e. The average molecular weight is 299 g/mol. The van der Waals surface area contributed by atoms with Gasteiger partial charge in [-0.25, -0.2) is 8.42 Å². The minimum Gasteiger partial charge on any atom is -0.396 e. The molecule has 0 amide bonds. The van der Waals surface area contributed by atoms with Crippen LogP contribution in [-0.2, 0) is 9.84 Å². The van der Waals surface area contributed by atoms with E-state index >= 15 is 0 Å². The fourth-order valence-electron chi connectivity index (χ4n) is 2.26. The number of nitriles is 1. The summed E-state index contributed by atoms with van der Waals surface area (Å²) < 4.78 is 23.6. The predicted molar refractivity (Wildman–Crippen MR) is 77.0 cm³/mol. The lowest BCUT2D eigenvalue weighted by atomic mass is 10.2. The van der Waals surface area contributed by atoms with Gasteiger partial charge in [-0.2, -0.15) is 5.26 Å². The van der Waals surface area contributed by atoms with Gasteiger partial charge in [0.1, 0.15) is 20.8 Å². The van der Waals surface area contributed by atoms with E-state index in [1.54, 1.807) is 0 Å². The SMILES string of the molecule is CCCC1CC1Nc1sc(C#N)c(N)c1S(C)(=O)=O. The van der Waals surface area contributed by atoms with Crippen LogP contribution < -0.4 is 11.1 Å². The number of nitrogens with one attached hydrogen (secondary N) is 1. The number of nitrogen functional groups attached to an aromatic ring is 1. The monoisotopic (exact) mass is 299 g/mol. The van der Waals surface area contributed by atoms with Gasteiger partial charge in [-0.05, 0) is 18.8 Å². The van der Waals surface area contributed by atoms with Gasteiger partial charge in [0.2, 0.25) is 0 Å². The van der Waals surface area contributed by atoms with Crippen LogP contribution in [0.1, 0.15) is 31.1 Å². The van der Waals surface area contributed by atoms with Gasteiger partial charge in [-0.1, -0.05) is 13.3 Å². The van der Waals surface area contributed by atoms with E-state index in [1.165, 1.54) is 0 Å². The van der Waals surface area contributed by atoms with E-state index in [-0.39, 0.29) is 15.5 Å². The number of nitrogens with zero attached hydrogens (tertiary/aromatic N) is 1. The second-order valence-electron chi connectivity index (χ2n) is 4.92. The number of hydrogen-bond acceptors (Lipinski definition) is 6. The third-order valence-corrected chi connectivity index (χ3v) is 5.61. The molecule has 0 saturated heterocycles. The molecule has 1 aliphatic carbocycles. The molecule has 1 fully saturated rings. The number of hydrogen-bond donors (Lipinski definition) is 2. The van der Waals surface area contributed by atoms with Crippen LogP contribution in [0.5, 0.6) is 0 Å². The van der Waals surface area contributed by atoms with Crippen LogP contribution in [0.2, 0.25) is 0 Å². The van der Waals surface area contributed by atoms with E-state index in [1.807, 2.05) is 6.07 Å². The number of thiophene rings is 1. The Morgan fingerprint density at radius 2 is 2.26 bits per heavy atom. The molecule has 19 heavy (non-hydrogen) atoms. The molecule has 0 radical (unpaired) electrons. The summed E-state index contributed by atoms with van der Waals surface area (Å²) in [7, 11) is -3.43. The third-order valence-electron chi connectivity index (χ3n) is 3.27. The first kappa shape index (κ1) is 14.2. The summed E-state index contributed by atoms with van der Waals surface area (Å²) in [5.74, 6) is 0.603. The fraction of sp³-hybridized carbons (Fsp3) is 0.583. The van der Waals surface area contributed by atoms with Crippen molar-refractivity contribution in [1.29, 1.82) is 5.26 Å². The van der Waals surface area contributed by atoms with Gasteiger partial charge >= 0.3 is 0 Å². The molecule has 1 saturated carbocycles. The van der Waals surface area contributed by atoms with Gasteiger partial charge in [0, 0.05) is 12.3 Å². The summed E-state index contributed by atoms with van der Waals surface area (Å²) in [6.07, 6.45) is 4.43. The Labute approximate surface area is 117 Å². The summed E-state index contributed by atoms with van der Waals surface area (Å²) in [4.78, 5) is 0.340. The zero-order valence-corrected chi connectivity index (χ0v) is 12.6.